The number of carbonyl (C=O) groups is 2. The van der Waals surface area contributed by atoms with Crippen LogP contribution >= 0.6 is 12.2 Å². The summed E-state index contributed by atoms with van der Waals surface area (Å²) in [6.07, 6.45) is -0.793. The third-order valence-electron chi connectivity index (χ3n) is 4.61. The summed E-state index contributed by atoms with van der Waals surface area (Å²) in [7, 11) is 4.36. The molecule has 0 spiro atoms. The number of methoxy groups -OCH3 is 3. The molecule has 2 aromatic carbocycles. The van der Waals surface area contributed by atoms with Crippen molar-refractivity contribution in [2.75, 3.05) is 21.3 Å². The molecule has 0 radical (unpaired) electrons. The fraction of sp³-hybridized carbons (Fsp3) is 0.318. The van der Waals surface area contributed by atoms with Gasteiger partial charge in [-0.15, -0.1) is 0 Å². The van der Waals surface area contributed by atoms with Crippen molar-refractivity contribution >= 4 is 29.1 Å². The first kappa shape index (κ1) is 24.7. The number of benzene rings is 2. The second-order valence-electron chi connectivity index (χ2n) is 6.82. The molecule has 0 bridgehead atoms. The maximum Gasteiger partial charge on any atom is 0.279 e. The highest BCUT2D eigenvalue weighted by Crippen LogP contribution is 2.38. The van der Waals surface area contributed by atoms with Gasteiger partial charge in [0.15, 0.2) is 22.7 Å². The Bertz CT molecular complexity index is 986. The first-order chi connectivity index (χ1) is 15.2. The summed E-state index contributed by atoms with van der Waals surface area (Å²) in [5, 5.41) is 2.37. The molecule has 1 unspecified atom stereocenters. The van der Waals surface area contributed by atoms with E-state index in [4.69, 9.17) is 31.2 Å². The Morgan fingerprint density at radius 2 is 1.53 bits per heavy atom. The molecule has 10 heteroatoms. The minimum atomic E-state index is -0.793. The van der Waals surface area contributed by atoms with E-state index >= 15 is 0 Å². The molecule has 0 heterocycles. The van der Waals surface area contributed by atoms with Crippen molar-refractivity contribution in [3.8, 4) is 23.0 Å². The summed E-state index contributed by atoms with van der Waals surface area (Å²) in [5.74, 6) is 0.581. The SMILES string of the molecule is COc1cc(C(=O)NC(=S)NNC(=O)C(C)Oc2ccc(C)c(C)c2)cc(OC)c1OC. The summed E-state index contributed by atoms with van der Waals surface area (Å²) in [6.45, 7) is 5.56. The molecule has 0 aromatic heterocycles. The molecular formula is C22H27N3O6S. The average molecular weight is 462 g/mol. The van der Waals surface area contributed by atoms with Gasteiger partial charge in [0.2, 0.25) is 5.75 Å². The lowest BCUT2D eigenvalue weighted by atomic mass is 10.1. The molecule has 9 nitrogen and oxygen atoms in total. The lowest BCUT2D eigenvalue weighted by molar-refractivity contribution is -0.127. The quantitative estimate of drug-likeness (QED) is 0.426. The van der Waals surface area contributed by atoms with E-state index < -0.39 is 17.9 Å². The van der Waals surface area contributed by atoms with E-state index in [2.05, 4.69) is 16.2 Å². The Hall–Kier alpha value is -3.53. The van der Waals surface area contributed by atoms with Gasteiger partial charge in [-0.2, -0.15) is 0 Å². The van der Waals surface area contributed by atoms with Gasteiger partial charge >= 0.3 is 0 Å². The first-order valence-electron chi connectivity index (χ1n) is 9.65. The largest absolute Gasteiger partial charge is 0.493 e. The molecule has 2 amide bonds. The Labute approximate surface area is 192 Å². The normalized spacial score (nSPS) is 11.1. The van der Waals surface area contributed by atoms with Gasteiger partial charge in [0, 0.05) is 5.56 Å². The van der Waals surface area contributed by atoms with Crippen molar-refractivity contribution in [1.82, 2.24) is 16.2 Å². The van der Waals surface area contributed by atoms with Crippen LogP contribution in [0, 0.1) is 13.8 Å². The minimum absolute atomic E-state index is 0.101. The topological polar surface area (TPSA) is 107 Å². The molecule has 0 aliphatic heterocycles. The van der Waals surface area contributed by atoms with Gasteiger partial charge in [-0.25, -0.2) is 0 Å². The third-order valence-corrected chi connectivity index (χ3v) is 4.82. The van der Waals surface area contributed by atoms with Crippen molar-refractivity contribution < 1.29 is 28.5 Å². The van der Waals surface area contributed by atoms with Crippen molar-refractivity contribution in [1.29, 1.82) is 0 Å². The number of nitrogens with one attached hydrogen (secondary N) is 3. The summed E-state index contributed by atoms with van der Waals surface area (Å²) < 4.78 is 21.4. The zero-order valence-electron chi connectivity index (χ0n) is 18.8. The van der Waals surface area contributed by atoms with Crippen LogP contribution in [0.2, 0.25) is 0 Å². The summed E-state index contributed by atoms with van der Waals surface area (Å²) >= 11 is 5.08. The van der Waals surface area contributed by atoms with Crippen molar-refractivity contribution in [3.05, 3.63) is 47.0 Å². The Morgan fingerprint density at radius 1 is 0.906 bits per heavy atom. The smallest absolute Gasteiger partial charge is 0.279 e. The summed E-state index contributed by atoms with van der Waals surface area (Å²) in [4.78, 5) is 24.8. The van der Waals surface area contributed by atoms with Gasteiger partial charge < -0.3 is 18.9 Å². The van der Waals surface area contributed by atoms with Crippen molar-refractivity contribution in [2.24, 2.45) is 0 Å². The fourth-order valence-electron chi connectivity index (χ4n) is 2.68. The second-order valence-corrected chi connectivity index (χ2v) is 7.23. The number of aryl methyl sites for hydroxylation is 2. The molecule has 2 rings (SSSR count). The van der Waals surface area contributed by atoms with Crippen LogP contribution in [0.5, 0.6) is 23.0 Å². The maximum absolute atomic E-state index is 12.5. The molecule has 0 saturated heterocycles. The average Bonchev–Trinajstić information content (AvgIpc) is 2.78. The third kappa shape index (κ3) is 6.24. The minimum Gasteiger partial charge on any atom is -0.493 e. The van der Waals surface area contributed by atoms with E-state index in [0.29, 0.717) is 23.0 Å². The number of ether oxygens (including phenoxy) is 4. The molecule has 0 aliphatic carbocycles. The van der Waals surface area contributed by atoms with E-state index in [1.54, 1.807) is 13.0 Å². The summed E-state index contributed by atoms with van der Waals surface area (Å²) in [5.41, 5.74) is 7.30. The Morgan fingerprint density at radius 3 is 2.06 bits per heavy atom. The van der Waals surface area contributed by atoms with Crippen LogP contribution in [0.15, 0.2) is 30.3 Å². The maximum atomic E-state index is 12.5. The van der Waals surface area contributed by atoms with Gasteiger partial charge in [0.1, 0.15) is 5.75 Å². The van der Waals surface area contributed by atoms with E-state index in [1.165, 1.54) is 33.5 Å². The molecule has 2 aromatic rings. The van der Waals surface area contributed by atoms with Crippen LogP contribution < -0.4 is 35.1 Å². The zero-order chi connectivity index (χ0) is 23.8. The Balaban J connectivity index is 1.93. The Kier molecular flexibility index (Phi) is 8.65. The van der Waals surface area contributed by atoms with E-state index in [1.807, 2.05) is 26.0 Å². The van der Waals surface area contributed by atoms with Gasteiger partial charge in [-0.05, 0) is 68.4 Å². The molecule has 1 atom stereocenters. The van der Waals surface area contributed by atoms with Gasteiger partial charge in [0.25, 0.3) is 11.8 Å². The molecule has 172 valence electrons. The standard InChI is InChI=1S/C22H27N3O6S/c1-12-7-8-16(9-13(12)2)31-14(3)20(26)24-25-22(32)23-21(27)15-10-17(28-4)19(30-6)18(11-15)29-5/h7-11,14H,1-6H3,(H,24,26)(H2,23,25,27,32). The number of rotatable bonds is 7. The highest BCUT2D eigenvalue weighted by molar-refractivity contribution is 7.80. The zero-order valence-corrected chi connectivity index (χ0v) is 19.6. The predicted octanol–water partition coefficient (Wildman–Crippen LogP) is 2.43. The van der Waals surface area contributed by atoms with Gasteiger partial charge in [-0.3, -0.25) is 25.8 Å². The number of hydrogen-bond donors (Lipinski definition) is 3. The fourth-order valence-corrected chi connectivity index (χ4v) is 2.83. The van der Waals surface area contributed by atoms with Crippen LogP contribution in [0.4, 0.5) is 0 Å². The number of thiocarbonyl (C=S) groups is 1. The number of carbonyl (C=O) groups excluding carboxylic acids is 2. The van der Waals surface area contributed by atoms with E-state index in [9.17, 15) is 9.59 Å². The second kappa shape index (κ2) is 11.2. The lowest BCUT2D eigenvalue weighted by Gasteiger charge is -2.17. The van der Waals surface area contributed by atoms with E-state index in [0.717, 1.165) is 11.1 Å². The van der Waals surface area contributed by atoms with Crippen LogP contribution in [0.3, 0.4) is 0 Å². The molecule has 0 aliphatic rings. The van der Waals surface area contributed by atoms with Crippen molar-refractivity contribution in [3.63, 3.8) is 0 Å². The monoisotopic (exact) mass is 461 g/mol. The molecule has 32 heavy (non-hydrogen) atoms. The molecule has 3 N–H and O–H groups in total. The highest BCUT2D eigenvalue weighted by Gasteiger charge is 2.19. The summed E-state index contributed by atoms with van der Waals surface area (Å²) in [6, 6.07) is 8.53. The number of amides is 2. The molecular weight excluding hydrogens is 434 g/mol. The highest BCUT2D eigenvalue weighted by atomic mass is 32.1. The van der Waals surface area contributed by atoms with Crippen LogP contribution in [0.1, 0.15) is 28.4 Å². The lowest BCUT2D eigenvalue weighted by Crippen LogP contribution is -2.51. The predicted molar refractivity (Wildman–Crippen MR) is 123 cm³/mol. The first-order valence-corrected chi connectivity index (χ1v) is 10.1. The van der Waals surface area contributed by atoms with E-state index in [-0.39, 0.29) is 10.7 Å². The van der Waals surface area contributed by atoms with Crippen molar-refractivity contribution in [2.45, 2.75) is 26.9 Å². The van der Waals surface area contributed by atoms with Gasteiger partial charge in [-0.1, -0.05) is 6.07 Å². The molecule has 0 saturated carbocycles. The van der Waals surface area contributed by atoms with Crippen LogP contribution in [-0.4, -0.2) is 44.4 Å². The number of hydrogen-bond acceptors (Lipinski definition) is 7. The van der Waals surface area contributed by atoms with Crippen LogP contribution in [0.25, 0.3) is 0 Å². The molecule has 0 fully saturated rings. The van der Waals surface area contributed by atoms with Gasteiger partial charge in [0.05, 0.1) is 21.3 Å². The van der Waals surface area contributed by atoms with Crippen LogP contribution in [-0.2, 0) is 4.79 Å². The number of hydrazine groups is 1.